The Bertz CT molecular complexity index is 542. The highest BCUT2D eigenvalue weighted by atomic mass is 16.5. The summed E-state index contributed by atoms with van der Waals surface area (Å²) in [7, 11) is 1.32. The highest BCUT2D eigenvalue weighted by Gasteiger charge is 2.21. The molecule has 0 bridgehead atoms. The van der Waals surface area contributed by atoms with Crippen molar-refractivity contribution in [2.75, 3.05) is 7.11 Å². The van der Waals surface area contributed by atoms with Gasteiger partial charge in [-0.2, -0.15) is 0 Å². The van der Waals surface area contributed by atoms with E-state index in [-0.39, 0.29) is 11.7 Å². The summed E-state index contributed by atoms with van der Waals surface area (Å²) in [6.45, 7) is 2.22. The maximum Gasteiger partial charge on any atom is 0.328 e. The lowest BCUT2D eigenvalue weighted by molar-refractivity contribution is -0.145. The molecule has 5 nitrogen and oxygen atoms in total. The summed E-state index contributed by atoms with van der Waals surface area (Å²) in [6.07, 6.45) is 11.6. The van der Waals surface area contributed by atoms with E-state index in [9.17, 15) is 14.7 Å². The molecule has 0 saturated heterocycles. The third-order valence-electron chi connectivity index (χ3n) is 4.70. The number of benzene rings is 1. The Balaban J connectivity index is 2.27. The van der Waals surface area contributed by atoms with Gasteiger partial charge in [0.1, 0.15) is 11.8 Å². The zero-order chi connectivity index (χ0) is 19.9. The fourth-order valence-corrected chi connectivity index (χ4v) is 3.07. The van der Waals surface area contributed by atoms with Crippen LogP contribution >= 0.6 is 0 Å². The van der Waals surface area contributed by atoms with Crippen LogP contribution in [0.3, 0.4) is 0 Å². The number of nitrogens with one attached hydrogen (secondary N) is 1. The largest absolute Gasteiger partial charge is 0.508 e. The Kier molecular flexibility index (Phi) is 12.0. The summed E-state index contributed by atoms with van der Waals surface area (Å²) in [5, 5.41) is 12.1. The van der Waals surface area contributed by atoms with Crippen LogP contribution in [0.15, 0.2) is 24.3 Å². The lowest BCUT2D eigenvalue weighted by Gasteiger charge is -2.16. The molecule has 5 heteroatoms. The normalized spacial score (nSPS) is 11.8. The smallest absolute Gasteiger partial charge is 0.328 e. The van der Waals surface area contributed by atoms with Gasteiger partial charge in [-0.3, -0.25) is 4.79 Å². The summed E-state index contributed by atoms with van der Waals surface area (Å²) < 4.78 is 4.80. The fourth-order valence-electron chi connectivity index (χ4n) is 3.07. The molecule has 1 amide bonds. The Labute approximate surface area is 163 Å². The molecule has 0 fully saturated rings. The first kappa shape index (κ1) is 23.0. The van der Waals surface area contributed by atoms with Gasteiger partial charge in [0.15, 0.2) is 0 Å². The van der Waals surface area contributed by atoms with Crippen LogP contribution in [-0.2, 0) is 20.7 Å². The SMILES string of the molecule is CCCCCCCCCCCC(=O)N[C@@H](Cc1ccc(O)cc1)C(=O)OC. The maximum atomic E-state index is 12.2. The third kappa shape index (κ3) is 10.6. The molecule has 1 rings (SSSR count). The van der Waals surface area contributed by atoms with Gasteiger partial charge < -0.3 is 15.2 Å². The van der Waals surface area contributed by atoms with E-state index in [1.807, 2.05) is 0 Å². The molecule has 0 aliphatic heterocycles. The van der Waals surface area contributed by atoms with Crippen molar-refractivity contribution < 1.29 is 19.4 Å². The van der Waals surface area contributed by atoms with Crippen molar-refractivity contribution in [2.24, 2.45) is 0 Å². The molecule has 0 unspecified atom stereocenters. The van der Waals surface area contributed by atoms with E-state index in [4.69, 9.17) is 4.74 Å². The van der Waals surface area contributed by atoms with Crippen molar-refractivity contribution in [3.63, 3.8) is 0 Å². The average molecular weight is 378 g/mol. The van der Waals surface area contributed by atoms with Gasteiger partial charge in [-0.1, -0.05) is 70.4 Å². The van der Waals surface area contributed by atoms with Gasteiger partial charge in [-0.15, -0.1) is 0 Å². The molecule has 152 valence electrons. The first-order valence-electron chi connectivity index (χ1n) is 10.2. The number of ether oxygens (including phenoxy) is 1. The number of phenolic OH excluding ortho intramolecular Hbond substituents is 1. The van der Waals surface area contributed by atoms with Gasteiger partial charge in [-0.25, -0.2) is 4.79 Å². The summed E-state index contributed by atoms with van der Waals surface area (Å²) in [4.78, 5) is 24.1. The number of unbranched alkanes of at least 4 members (excludes halogenated alkanes) is 8. The molecule has 0 heterocycles. The Morgan fingerprint density at radius 1 is 0.963 bits per heavy atom. The van der Waals surface area contributed by atoms with E-state index in [1.165, 1.54) is 45.6 Å². The Hall–Kier alpha value is -2.04. The zero-order valence-electron chi connectivity index (χ0n) is 16.8. The van der Waals surface area contributed by atoms with Crippen LogP contribution in [0.1, 0.15) is 76.7 Å². The monoisotopic (exact) mass is 377 g/mol. The quantitative estimate of drug-likeness (QED) is 0.369. The number of carbonyl (C=O) groups excluding carboxylic acids is 2. The molecule has 0 aliphatic carbocycles. The molecular weight excluding hydrogens is 342 g/mol. The van der Waals surface area contributed by atoms with Crippen molar-refractivity contribution in [3.05, 3.63) is 29.8 Å². The molecule has 1 atom stereocenters. The van der Waals surface area contributed by atoms with E-state index in [0.29, 0.717) is 12.8 Å². The highest BCUT2D eigenvalue weighted by Crippen LogP contribution is 2.13. The minimum Gasteiger partial charge on any atom is -0.508 e. The molecule has 27 heavy (non-hydrogen) atoms. The van der Waals surface area contributed by atoms with E-state index in [0.717, 1.165) is 24.8 Å². The minimum atomic E-state index is -0.703. The number of carbonyl (C=O) groups is 2. The van der Waals surface area contributed by atoms with Crippen LogP contribution in [-0.4, -0.2) is 30.1 Å². The topological polar surface area (TPSA) is 75.6 Å². The number of hydrogen-bond donors (Lipinski definition) is 2. The number of rotatable bonds is 14. The van der Waals surface area contributed by atoms with E-state index in [1.54, 1.807) is 24.3 Å². The molecular formula is C22H35NO4. The van der Waals surface area contributed by atoms with Gasteiger partial charge in [-0.05, 0) is 24.1 Å². The number of aromatic hydroxyl groups is 1. The second kappa shape index (κ2) is 14.1. The van der Waals surface area contributed by atoms with Crippen molar-refractivity contribution in [1.82, 2.24) is 5.32 Å². The molecule has 0 aromatic heterocycles. The lowest BCUT2D eigenvalue weighted by atomic mass is 10.0. The number of hydrogen-bond acceptors (Lipinski definition) is 4. The minimum absolute atomic E-state index is 0.118. The molecule has 0 saturated carbocycles. The van der Waals surface area contributed by atoms with E-state index >= 15 is 0 Å². The van der Waals surface area contributed by atoms with Gasteiger partial charge in [0.05, 0.1) is 7.11 Å². The molecule has 1 aromatic rings. The first-order chi connectivity index (χ1) is 13.1. The van der Waals surface area contributed by atoms with Crippen LogP contribution in [0.5, 0.6) is 5.75 Å². The predicted octanol–water partition coefficient (Wildman–Crippen LogP) is 4.51. The lowest BCUT2D eigenvalue weighted by Crippen LogP contribution is -2.43. The van der Waals surface area contributed by atoms with Gasteiger partial charge in [0.2, 0.25) is 5.91 Å². The van der Waals surface area contributed by atoms with Crippen LogP contribution < -0.4 is 5.32 Å². The maximum absolute atomic E-state index is 12.2. The Morgan fingerprint density at radius 2 is 1.52 bits per heavy atom. The number of methoxy groups -OCH3 is 1. The van der Waals surface area contributed by atoms with E-state index < -0.39 is 12.0 Å². The first-order valence-corrected chi connectivity index (χ1v) is 10.2. The van der Waals surface area contributed by atoms with Crippen molar-refractivity contribution in [3.8, 4) is 5.75 Å². The predicted molar refractivity (Wildman–Crippen MR) is 108 cm³/mol. The van der Waals surface area contributed by atoms with Gasteiger partial charge in [0, 0.05) is 12.8 Å². The average Bonchev–Trinajstić information content (AvgIpc) is 2.67. The highest BCUT2D eigenvalue weighted by molar-refractivity contribution is 5.84. The number of esters is 1. The van der Waals surface area contributed by atoms with Crippen molar-refractivity contribution >= 4 is 11.9 Å². The summed E-state index contributed by atoms with van der Waals surface area (Å²) in [6, 6.07) is 5.89. The van der Waals surface area contributed by atoms with Crippen molar-refractivity contribution in [1.29, 1.82) is 0 Å². The second-order valence-electron chi connectivity index (χ2n) is 7.09. The second-order valence-corrected chi connectivity index (χ2v) is 7.09. The molecule has 0 aliphatic rings. The summed E-state index contributed by atoms with van der Waals surface area (Å²) >= 11 is 0. The van der Waals surface area contributed by atoms with Crippen LogP contribution in [0.25, 0.3) is 0 Å². The van der Waals surface area contributed by atoms with Crippen molar-refractivity contribution in [2.45, 2.75) is 83.6 Å². The zero-order valence-corrected chi connectivity index (χ0v) is 16.8. The Morgan fingerprint density at radius 3 is 2.07 bits per heavy atom. The third-order valence-corrected chi connectivity index (χ3v) is 4.70. The van der Waals surface area contributed by atoms with Gasteiger partial charge >= 0.3 is 5.97 Å². The summed E-state index contributed by atoms with van der Waals surface area (Å²) in [5.74, 6) is -0.404. The standard InChI is InChI=1S/C22H35NO4/c1-3-4-5-6-7-8-9-10-11-12-21(25)23-20(22(26)27-2)17-18-13-15-19(24)16-14-18/h13-16,20,24H,3-12,17H2,1-2H3,(H,23,25)/t20-/m0/s1. The van der Waals surface area contributed by atoms with Gasteiger partial charge in [0.25, 0.3) is 0 Å². The summed E-state index contributed by atoms with van der Waals surface area (Å²) in [5.41, 5.74) is 0.853. The molecule has 0 spiro atoms. The van der Waals surface area contributed by atoms with Crippen LogP contribution in [0.4, 0.5) is 0 Å². The van der Waals surface area contributed by atoms with Crippen LogP contribution in [0, 0.1) is 0 Å². The van der Waals surface area contributed by atoms with E-state index in [2.05, 4.69) is 12.2 Å². The molecule has 1 aromatic carbocycles. The molecule has 2 N–H and O–H groups in total. The molecule has 0 radical (unpaired) electrons. The number of phenols is 1. The van der Waals surface area contributed by atoms with Crippen LogP contribution in [0.2, 0.25) is 0 Å². The number of amides is 1. The fraction of sp³-hybridized carbons (Fsp3) is 0.636.